The van der Waals surface area contributed by atoms with E-state index >= 15 is 0 Å². The van der Waals surface area contributed by atoms with Crippen LogP contribution < -0.4 is 10.9 Å². The molecule has 4 nitrogen and oxygen atoms in total. The van der Waals surface area contributed by atoms with Crippen molar-refractivity contribution in [1.29, 1.82) is 0 Å². The van der Waals surface area contributed by atoms with Gasteiger partial charge in [0.25, 0.3) is 0 Å². The van der Waals surface area contributed by atoms with Gasteiger partial charge in [-0.15, -0.1) is 0 Å². The minimum atomic E-state index is -0.0310. The van der Waals surface area contributed by atoms with Gasteiger partial charge in [0.1, 0.15) is 0 Å². The van der Waals surface area contributed by atoms with E-state index in [1.165, 1.54) is 5.56 Å². The summed E-state index contributed by atoms with van der Waals surface area (Å²) in [5.74, 6) is 0. The van der Waals surface area contributed by atoms with Crippen molar-refractivity contribution in [3.63, 3.8) is 0 Å². The highest BCUT2D eigenvalue weighted by molar-refractivity contribution is 5.26. The Balaban J connectivity index is 2.22. The maximum Gasteiger partial charge on any atom is 0.248 e. The molecule has 3 N–H and O–H groups in total. The zero-order valence-electron chi connectivity index (χ0n) is 8.62. The maximum absolute atomic E-state index is 11.1. The van der Waals surface area contributed by atoms with Crippen LogP contribution in [0.3, 0.4) is 0 Å². The van der Waals surface area contributed by atoms with Gasteiger partial charge in [-0.05, 0) is 24.8 Å². The molecule has 0 saturated carbocycles. The first-order valence-corrected chi connectivity index (χ1v) is 5.37. The van der Waals surface area contributed by atoms with Crippen LogP contribution in [0.2, 0.25) is 0 Å². The van der Waals surface area contributed by atoms with Crippen molar-refractivity contribution in [3.05, 3.63) is 33.7 Å². The van der Waals surface area contributed by atoms with Gasteiger partial charge in [0.15, 0.2) is 0 Å². The Kier molecular flexibility index (Phi) is 3.18. The van der Waals surface area contributed by atoms with E-state index in [0.717, 1.165) is 25.0 Å². The number of pyridine rings is 1. The van der Waals surface area contributed by atoms with E-state index in [1.807, 2.05) is 6.07 Å². The number of nitrogens with one attached hydrogen (secondary N) is 2. The number of aliphatic hydroxyl groups excluding tert-OH is 1. The largest absolute Gasteiger partial charge is 0.395 e. The van der Waals surface area contributed by atoms with Gasteiger partial charge in [-0.3, -0.25) is 4.79 Å². The Morgan fingerprint density at radius 3 is 3.20 bits per heavy atom. The van der Waals surface area contributed by atoms with Gasteiger partial charge < -0.3 is 15.4 Å². The van der Waals surface area contributed by atoms with Crippen molar-refractivity contribution in [3.8, 4) is 0 Å². The number of aliphatic hydroxyl groups is 1. The minimum absolute atomic E-state index is 0.0310. The van der Waals surface area contributed by atoms with Crippen molar-refractivity contribution in [2.24, 2.45) is 0 Å². The molecule has 15 heavy (non-hydrogen) atoms. The summed E-state index contributed by atoms with van der Waals surface area (Å²) < 4.78 is 0. The van der Waals surface area contributed by atoms with E-state index in [4.69, 9.17) is 5.11 Å². The van der Waals surface area contributed by atoms with Crippen molar-refractivity contribution < 1.29 is 5.11 Å². The van der Waals surface area contributed by atoms with Crippen molar-refractivity contribution in [2.45, 2.75) is 25.3 Å². The molecular formula is C11H16N2O2. The molecule has 4 heteroatoms. The van der Waals surface area contributed by atoms with Crippen LogP contribution in [-0.2, 0) is 6.42 Å². The number of aromatic amines is 1. The monoisotopic (exact) mass is 208 g/mol. The van der Waals surface area contributed by atoms with E-state index in [2.05, 4.69) is 10.3 Å². The van der Waals surface area contributed by atoms with Crippen molar-refractivity contribution in [1.82, 2.24) is 10.3 Å². The average molecular weight is 208 g/mol. The predicted molar refractivity (Wildman–Crippen MR) is 57.8 cm³/mol. The Hall–Kier alpha value is -1.13. The van der Waals surface area contributed by atoms with E-state index < -0.39 is 0 Å². The zero-order valence-corrected chi connectivity index (χ0v) is 8.62. The van der Waals surface area contributed by atoms with Gasteiger partial charge in [-0.2, -0.15) is 0 Å². The summed E-state index contributed by atoms with van der Waals surface area (Å²) in [4.78, 5) is 14.0. The molecule has 82 valence electrons. The topological polar surface area (TPSA) is 65.1 Å². The van der Waals surface area contributed by atoms with Crippen LogP contribution in [-0.4, -0.2) is 23.2 Å². The molecule has 0 spiro atoms. The summed E-state index contributed by atoms with van der Waals surface area (Å²) in [6.45, 7) is 0.748. The Morgan fingerprint density at radius 2 is 2.40 bits per heavy atom. The summed E-state index contributed by atoms with van der Waals surface area (Å²) >= 11 is 0. The Bertz CT molecular complexity index is 386. The summed E-state index contributed by atoms with van der Waals surface area (Å²) in [7, 11) is 0. The van der Waals surface area contributed by atoms with E-state index in [9.17, 15) is 4.79 Å². The third kappa shape index (κ3) is 2.27. The van der Waals surface area contributed by atoms with Gasteiger partial charge in [0.2, 0.25) is 5.56 Å². The molecule has 0 saturated heterocycles. The molecule has 1 aliphatic carbocycles. The van der Waals surface area contributed by atoms with Crippen LogP contribution in [0.5, 0.6) is 0 Å². The smallest absolute Gasteiger partial charge is 0.248 e. The fourth-order valence-electron chi connectivity index (χ4n) is 2.15. The lowest BCUT2D eigenvalue weighted by Crippen LogP contribution is -2.29. The number of aromatic nitrogens is 1. The van der Waals surface area contributed by atoms with Crippen LogP contribution in [0.4, 0.5) is 0 Å². The van der Waals surface area contributed by atoms with Gasteiger partial charge in [0.05, 0.1) is 6.61 Å². The quantitative estimate of drug-likeness (QED) is 0.671. The lowest BCUT2D eigenvalue weighted by molar-refractivity contribution is 0.280. The van der Waals surface area contributed by atoms with Gasteiger partial charge in [-0.1, -0.05) is 6.07 Å². The normalized spacial score (nSPS) is 19.9. The van der Waals surface area contributed by atoms with E-state index in [1.54, 1.807) is 6.07 Å². The summed E-state index contributed by atoms with van der Waals surface area (Å²) in [5, 5.41) is 12.0. The second kappa shape index (κ2) is 4.59. The molecule has 0 fully saturated rings. The summed E-state index contributed by atoms with van der Waals surface area (Å²) in [6.07, 6.45) is 3.10. The maximum atomic E-state index is 11.1. The van der Waals surface area contributed by atoms with Crippen LogP contribution >= 0.6 is 0 Å². The number of fused-ring (bicyclic) bond motifs is 1. The fraction of sp³-hybridized carbons (Fsp3) is 0.545. The molecule has 0 aromatic carbocycles. The highest BCUT2D eigenvalue weighted by atomic mass is 16.3. The number of hydrogen-bond acceptors (Lipinski definition) is 3. The molecule has 0 aliphatic heterocycles. The molecule has 0 amide bonds. The molecule has 2 rings (SSSR count). The molecule has 1 atom stereocenters. The lowest BCUT2D eigenvalue weighted by atomic mass is 9.91. The molecule has 1 aromatic rings. The molecule has 0 bridgehead atoms. The Morgan fingerprint density at radius 1 is 1.53 bits per heavy atom. The SMILES string of the molecule is O=c1ccc2c([nH]1)CCCC2NCCO. The third-order valence-electron chi connectivity index (χ3n) is 2.83. The molecule has 0 radical (unpaired) electrons. The zero-order chi connectivity index (χ0) is 10.7. The third-order valence-corrected chi connectivity index (χ3v) is 2.83. The van der Waals surface area contributed by atoms with Crippen molar-refractivity contribution >= 4 is 0 Å². The van der Waals surface area contributed by atoms with Crippen molar-refractivity contribution in [2.75, 3.05) is 13.2 Å². The molecule has 1 unspecified atom stereocenters. The average Bonchev–Trinajstić information content (AvgIpc) is 2.25. The lowest BCUT2D eigenvalue weighted by Gasteiger charge is -2.25. The predicted octanol–water partition coefficient (Wildman–Crippen LogP) is 0.334. The molecule has 1 heterocycles. The first-order valence-electron chi connectivity index (χ1n) is 5.37. The van der Waals surface area contributed by atoms with Gasteiger partial charge >= 0.3 is 0 Å². The highest BCUT2D eigenvalue weighted by Crippen LogP contribution is 2.26. The van der Waals surface area contributed by atoms with E-state index in [-0.39, 0.29) is 18.2 Å². The number of hydrogen-bond donors (Lipinski definition) is 3. The van der Waals surface area contributed by atoms with Crippen LogP contribution in [0.15, 0.2) is 16.9 Å². The summed E-state index contributed by atoms with van der Waals surface area (Å²) in [6, 6.07) is 3.73. The van der Waals surface area contributed by atoms with Crippen LogP contribution in [0.25, 0.3) is 0 Å². The summed E-state index contributed by atoms with van der Waals surface area (Å²) in [5.41, 5.74) is 2.19. The molecule has 1 aromatic heterocycles. The number of aryl methyl sites for hydroxylation is 1. The molecular weight excluding hydrogens is 192 g/mol. The first kappa shape index (κ1) is 10.4. The van der Waals surface area contributed by atoms with E-state index in [0.29, 0.717) is 6.54 Å². The Labute approximate surface area is 88.3 Å². The minimum Gasteiger partial charge on any atom is -0.395 e. The number of H-pyrrole nitrogens is 1. The van der Waals surface area contributed by atoms with Crippen LogP contribution in [0.1, 0.15) is 30.1 Å². The second-order valence-corrected chi connectivity index (χ2v) is 3.88. The fourth-order valence-corrected chi connectivity index (χ4v) is 2.15. The standard InChI is InChI=1S/C11H16N2O2/c14-7-6-12-9-2-1-3-10-8(9)4-5-11(15)13-10/h4-5,9,12,14H,1-3,6-7H2,(H,13,15). The molecule has 1 aliphatic rings. The van der Waals surface area contributed by atoms with Crippen LogP contribution in [0, 0.1) is 0 Å². The van der Waals surface area contributed by atoms with Gasteiger partial charge in [-0.25, -0.2) is 0 Å². The second-order valence-electron chi connectivity index (χ2n) is 3.88. The number of rotatable bonds is 3. The van der Waals surface area contributed by atoms with Gasteiger partial charge in [0, 0.05) is 24.3 Å². The highest BCUT2D eigenvalue weighted by Gasteiger charge is 2.19. The first-order chi connectivity index (χ1) is 7.31.